The summed E-state index contributed by atoms with van der Waals surface area (Å²) >= 11 is 0. The van der Waals surface area contributed by atoms with Gasteiger partial charge in [0.25, 0.3) is 5.78 Å². The van der Waals surface area contributed by atoms with Gasteiger partial charge in [-0.3, -0.25) is 14.5 Å². The number of anilines is 1. The number of ether oxygens (including phenoxy) is 2. The first-order valence-electron chi connectivity index (χ1n) is 9.58. The van der Waals surface area contributed by atoms with Gasteiger partial charge in [0.05, 0.1) is 19.8 Å². The highest BCUT2D eigenvalue weighted by Gasteiger charge is 2.49. The average Bonchev–Trinajstić information content (AvgIpc) is 3.33. The minimum atomic E-state index is -1.10. The Balaban J connectivity index is 2.01. The number of para-hydroxylation sites is 1. The van der Waals surface area contributed by atoms with E-state index in [-0.39, 0.29) is 22.7 Å². The first kappa shape index (κ1) is 21.1. The van der Waals surface area contributed by atoms with Crippen LogP contribution in [0.25, 0.3) is 5.76 Å². The molecule has 1 fully saturated rings. The minimum absolute atomic E-state index is 0.0950. The highest BCUT2D eigenvalue weighted by Crippen LogP contribution is 2.46. The van der Waals surface area contributed by atoms with Crippen molar-refractivity contribution in [3.05, 3.63) is 76.8 Å². The quantitative estimate of drug-likeness (QED) is 0.368. The molecule has 9 heteroatoms. The zero-order chi connectivity index (χ0) is 23.0. The summed E-state index contributed by atoms with van der Waals surface area (Å²) in [7, 11) is 2.88. The molecule has 0 saturated carbocycles. The first-order valence-corrected chi connectivity index (χ1v) is 9.58. The number of methoxy groups -OCH3 is 2. The average molecular weight is 438 g/mol. The van der Waals surface area contributed by atoms with Crippen LogP contribution in [0.3, 0.4) is 0 Å². The number of benzene rings is 2. The smallest absolute Gasteiger partial charge is 0.301 e. The SMILES string of the molecule is COc1cccc([C@H]2/C(=C(\O)c3ccc(F)cc3)C(=O)C(=O)N2c2cc(C)on2)c1OC. The summed E-state index contributed by atoms with van der Waals surface area (Å²) in [5.41, 5.74) is 0.358. The Labute approximate surface area is 182 Å². The first-order chi connectivity index (χ1) is 15.4. The Kier molecular flexibility index (Phi) is 5.40. The van der Waals surface area contributed by atoms with Crippen LogP contribution in [0.1, 0.15) is 22.9 Å². The van der Waals surface area contributed by atoms with Crippen LogP contribution in [0.5, 0.6) is 11.5 Å². The topological polar surface area (TPSA) is 102 Å². The summed E-state index contributed by atoms with van der Waals surface area (Å²) in [5.74, 6) is -1.63. The van der Waals surface area contributed by atoms with Crippen LogP contribution in [-0.2, 0) is 9.59 Å². The van der Waals surface area contributed by atoms with Crippen LogP contribution in [0.4, 0.5) is 10.2 Å². The van der Waals surface area contributed by atoms with E-state index in [0.29, 0.717) is 17.1 Å². The fourth-order valence-corrected chi connectivity index (χ4v) is 3.72. The highest BCUT2D eigenvalue weighted by molar-refractivity contribution is 6.51. The molecule has 1 aliphatic heterocycles. The number of carbonyl (C=O) groups excluding carboxylic acids is 2. The molecule has 32 heavy (non-hydrogen) atoms. The third-order valence-electron chi connectivity index (χ3n) is 5.15. The number of hydrogen-bond donors (Lipinski definition) is 1. The van der Waals surface area contributed by atoms with Gasteiger partial charge >= 0.3 is 5.91 Å². The lowest BCUT2D eigenvalue weighted by Crippen LogP contribution is -2.30. The van der Waals surface area contributed by atoms with Gasteiger partial charge < -0.3 is 19.1 Å². The van der Waals surface area contributed by atoms with Crippen molar-refractivity contribution in [3.63, 3.8) is 0 Å². The normalized spacial score (nSPS) is 17.6. The lowest BCUT2D eigenvalue weighted by atomic mass is 9.94. The van der Waals surface area contributed by atoms with Gasteiger partial charge in [0.1, 0.15) is 23.4 Å². The molecule has 1 aromatic heterocycles. The molecule has 1 saturated heterocycles. The van der Waals surface area contributed by atoms with Crippen LogP contribution in [-0.4, -0.2) is 36.2 Å². The van der Waals surface area contributed by atoms with Crippen LogP contribution in [0.2, 0.25) is 0 Å². The molecule has 2 aromatic carbocycles. The molecule has 1 aliphatic rings. The van der Waals surface area contributed by atoms with Gasteiger partial charge in [0.15, 0.2) is 17.3 Å². The second kappa shape index (κ2) is 8.18. The number of aliphatic hydroxyl groups is 1. The zero-order valence-corrected chi connectivity index (χ0v) is 17.5. The van der Waals surface area contributed by atoms with Crippen LogP contribution < -0.4 is 14.4 Å². The van der Waals surface area contributed by atoms with Crippen molar-refractivity contribution in [2.24, 2.45) is 0 Å². The van der Waals surface area contributed by atoms with Gasteiger partial charge in [-0.25, -0.2) is 4.39 Å². The maximum Gasteiger partial charge on any atom is 0.301 e. The summed E-state index contributed by atoms with van der Waals surface area (Å²) in [6, 6.07) is 10.3. The summed E-state index contributed by atoms with van der Waals surface area (Å²) < 4.78 is 29.4. The molecule has 2 heterocycles. The summed E-state index contributed by atoms with van der Waals surface area (Å²) in [6.07, 6.45) is 0. The molecule has 1 atom stereocenters. The Bertz CT molecular complexity index is 1230. The van der Waals surface area contributed by atoms with Crippen molar-refractivity contribution in [2.75, 3.05) is 19.1 Å². The summed E-state index contributed by atoms with van der Waals surface area (Å²) in [5, 5.41) is 14.9. The molecule has 0 spiro atoms. The fourth-order valence-electron chi connectivity index (χ4n) is 3.72. The van der Waals surface area contributed by atoms with E-state index >= 15 is 0 Å². The monoisotopic (exact) mass is 438 g/mol. The Hall–Kier alpha value is -4.14. The number of halogens is 1. The molecule has 1 N–H and O–H groups in total. The molecule has 8 nitrogen and oxygen atoms in total. The standard InChI is InChI=1S/C23H19FN2O6/c1-12-11-17(25-32-12)26-19(15-5-4-6-16(30-2)22(15)31-3)18(21(28)23(26)29)20(27)13-7-9-14(24)10-8-13/h4-11,19,27H,1-3H3/b20-18+/t19-/m0/s1. The van der Waals surface area contributed by atoms with Crippen LogP contribution in [0.15, 0.2) is 58.6 Å². The number of hydrogen-bond acceptors (Lipinski definition) is 7. The number of aryl methyl sites for hydroxylation is 1. The third kappa shape index (κ3) is 3.37. The van der Waals surface area contributed by atoms with Gasteiger partial charge in [-0.2, -0.15) is 0 Å². The maximum absolute atomic E-state index is 13.4. The van der Waals surface area contributed by atoms with Gasteiger partial charge in [-0.15, -0.1) is 0 Å². The number of Topliss-reactive ketones (excluding diaryl/α,β-unsaturated/α-hetero) is 1. The van der Waals surface area contributed by atoms with Crippen molar-refractivity contribution in [1.82, 2.24) is 5.16 Å². The minimum Gasteiger partial charge on any atom is -0.507 e. The molecule has 3 aromatic rings. The second-order valence-corrected chi connectivity index (χ2v) is 7.05. The number of carbonyl (C=O) groups is 2. The molecule has 4 rings (SSSR count). The third-order valence-corrected chi connectivity index (χ3v) is 5.15. The molecule has 1 amide bonds. The highest BCUT2D eigenvalue weighted by atomic mass is 19.1. The Morgan fingerprint density at radius 3 is 2.44 bits per heavy atom. The Morgan fingerprint density at radius 1 is 1.12 bits per heavy atom. The zero-order valence-electron chi connectivity index (χ0n) is 17.5. The number of amides is 1. The number of nitrogens with zero attached hydrogens (tertiary/aromatic N) is 2. The molecule has 0 unspecified atom stereocenters. The van der Waals surface area contributed by atoms with E-state index in [1.807, 2.05) is 0 Å². The lowest BCUT2D eigenvalue weighted by molar-refractivity contribution is -0.132. The van der Waals surface area contributed by atoms with Crippen molar-refractivity contribution in [1.29, 1.82) is 0 Å². The van der Waals surface area contributed by atoms with Crippen molar-refractivity contribution in [2.45, 2.75) is 13.0 Å². The number of ketones is 1. The van der Waals surface area contributed by atoms with Crippen molar-refractivity contribution >= 4 is 23.3 Å². The summed E-state index contributed by atoms with van der Waals surface area (Å²) in [4.78, 5) is 27.3. The molecule has 0 bridgehead atoms. The van der Waals surface area contributed by atoms with Gasteiger partial charge in [-0.1, -0.05) is 17.3 Å². The van der Waals surface area contributed by atoms with E-state index in [1.54, 1.807) is 25.1 Å². The van der Waals surface area contributed by atoms with Crippen LogP contribution in [0, 0.1) is 12.7 Å². The molecule has 0 radical (unpaired) electrons. The second-order valence-electron chi connectivity index (χ2n) is 7.05. The van der Waals surface area contributed by atoms with Crippen LogP contribution >= 0.6 is 0 Å². The number of aliphatic hydroxyl groups excluding tert-OH is 1. The fraction of sp³-hybridized carbons (Fsp3) is 0.174. The predicted octanol–water partition coefficient (Wildman–Crippen LogP) is 3.77. The van der Waals surface area contributed by atoms with E-state index in [1.165, 1.54) is 32.4 Å². The predicted molar refractivity (Wildman–Crippen MR) is 112 cm³/mol. The van der Waals surface area contributed by atoms with E-state index in [4.69, 9.17) is 14.0 Å². The maximum atomic E-state index is 13.4. The Morgan fingerprint density at radius 2 is 1.84 bits per heavy atom. The largest absolute Gasteiger partial charge is 0.507 e. The van der Waals surface area contributed by atoms with Gasteiger partial charge in [-0.05, 0) is 37.3 Å². The lowest BCUT2D eigenvalue weighted by Gasteiger charge is -2.25. The number of aromatic nitrogens is 1. The molecular formula is C23H19FN2O6. The molecule has 0 aliphatic carbocycles. The molecular weight excluding hydrogens is 419 g/mol. The van der Waals surface area contributed by atoms with E-state index in [0.717, 1.165) is 17.0 Å². The van der Waals surface area contributed by atoms with Crippen molar-refractivity contribution < 1.29 is 33.1 Å². The van der Waals surface area contributed by atoms with E-state index in [9.17, 15) is 19.1 Å². The number of rotatable bonds is 5. The van der Waals surface area contributed by atoms with Gasteiger partial charge in [0.2, 0.25) is 0 Å². The molecule has 164 valence electrons. The van der Waals surface area contributed by atoms with E-state index in [2.05, 4.69) is 5.16 Å². The van der Waals surface area contributed by atoms with Crippen molar-refractivity contribution in [3.8, 4) is 11.5 Å². The summed E-state index contributed by atoms with van der Waals surface area (Å²) in [6.45, 7) is 1.65. The van der Waals surface area contributed by atoms with Gasteiger partial charge in [0, 0.05) is 17.2 Å². The van der Waals surface area contributed by atoms with E-state index < -0.39 is 29.3 Å².